The number of nitrogens with zero attached hydrogens (tertiary/aromatic N) is 1. The highest BCUT2D eigenvalue weighted by Crippen LogP contribution is 2.40. The highest BCUT2D eigenvalue weighted by molar-refractivity contribution is 7.09. The summed E-state index contributed by atoms with van der Waals surface area (Å²) in [7, 11) is 2.24. The first kappa shape index (κ1) is 13.1. The summed E-state index contributed by atoms with van der Waals surface area (Å²) in [6, 6.07) is 4.98. The Kier molecular flexibility index (Phi) is 4.23. The van der Waals surface area contributed by atoms with Crippen LogP contribution in [0.3, 0.4) is 0 Å². The molecule has 1 aromatic rings. The van der Waals surface area contributed by atoms with Gasteiger partial charge in [0, 0.05) is 17.5 Å². The van der Waals surface area contributed by atoms with E-state index in [4.69, 9.17) is 5.73 Å². The van der Waals surface area contributed by atoms with Gasteiger partial charge in [0.1, 0.15) is 0 Å². The number of thiophene rings is 1. The van der Waals surface area contributed by atoms with Gasteiger partial charge in [0.05, 0.1) is 0 Å². The molecule has 0 bridgehead atoms. The van der Waals surface area contributed by atoms with Crippen LogP contribution >= 0.6 is 11.3 Å². The van der Waals surface area contributed by atoms with E-state index in [1.54, 1.807) is 0 Å². The van der Waals surface area contributed by atoms with Crippen LogP contribution in [0.25, 0.3) is 0 Å². The summed E-state index contributed by atoms with van der Waals surface area (Å²) in [4.78, 5) is 3.98. The van der Waals surface area contributed by atoms with Gasteiger partial charge in [-0.15, -0.1) is 11.3 Å². The molecule has 2 N–H and O–H groups in total. The smallest absolute Gasteiger partial charge is 0.0112 e. The predicted molar refractivity (Wildman–Crippen MR) is 75.5 cm³/mol. The molecule has 96 valence electrons. The Balaban J connectivity index is 1.84. The Labute approximate surface area is 109 Å². The third kappa shape index (κ3) is 3.09. The Morgan fingerprint density at radius 2 is 2.29 bits per heavy atom. The molecular formula is C14H24N2S. The van der Waals surface area contributed by atoms with Gasteiger partial charge in [-0.25, -0.2) is 0 Å². The molecule has 17 heavy (non-hydrogen) atoms. The zero-order chi connectivity index (χ0) is 12.3. The first-order valence-corrected chi connectivity index (χ1v) is 7.46. The Morgan fingerprint density at radius 3 is 2.76 bits per heavy atom. The van der Waals surface area contributed by atoms with Gasteiger partial charge >= 0.3 is 0 Å². The molecule has 2 nitrogen and oxygen atoms in total. The summed E-state index contributed by atoms with van der Waals surface area (Å²) in [6.07, 6.45) is 5.16. The average Bonchev–Trinajstić information content (AvgIpc) is 2.75. The Bertz CT molecular complexity index is 324. The van der Waals surface area contributed by atoms with Gasteiger partial charge in [0.15, 0.2) is 0 Å². The summed E-state index contributed by atoms with van der Waals surface area (Å²) in [5, 5.41) is 2.16. The average molecular weight is 252 g/mol. The van der Waals surface area contributed by atoms with Crippen LogP contribution in [-0.2, 0) is 6.42 Å². The summed E-state index contributed by atoms with van der Waals surface area (Å²) in [5.74, 6) is 0. The number of likely N-dealkylation sites (N-methyl/N-ethyl adjacent to an activating group) is 1. The van der Waals surface area contributed by atoms with Crippen molar-refractivity contribution in [1.82, 2.24) is 4.90 Å². The second-order valence-electron chi connectivity index (χ2n) is 5.61. The molecule has 0 amide bonds. The second kappa shape index (κ2) is 5.51. The minimum Gasteiger partial charge on any atom is -0.330 e. The summed E-state index contributed by atoms with van der Waals surface area (Å²) >= 11 is 1.86. The number of hydrogen-bond acceptors (Lipinski definition) is 3. The minimum atomic E-state index is 0.429. The predicted octanol–water partition coefficient (Wildman–Crippen LogP) is 2.74. The van der Waals surface area contributed by atoms with Crippen molar-refractivity contribution in [2.45, 2.75) is 38.6 Å². The van der Waals surface area contributed by atoms with Gasteiger partial charge in [-0.3, -0.25) is 0 Å². The van der Waals surface area contributed by atoms with Crippen LogP contribution < -0.4 is 5.73 Å². The van der Waals surface area contributed by atoms with Crippen molar-refractivity contribution in [3.63, 3.8) is 0 Å². The van der Waals surface area contributed by atoms with E-state index in [9.17, 15) is 0 Å². The van der Waals surface area contributed by atoms with Crippen LogP contribution in [0.4, 0.5) is 0 Å². The van der Waals surface area contributed by atoms with Crippen molar-refractivity contribution < 1.29 is 0 Å². The van der Waals surface area contributed by atoms with Gasteiger partial charge in [0.25, 0.3) is 0 Å². The van der Waals surface area contributed by atoms with Crippen molar-refractivity contribution in [2.24, 2.45) is 11.1 Å². The molecule has 3 heteroatoms. The van der Waals surface area contributed by atoms with Crippen LogP contribution in [0.15, 0.2) is 17.5 Å². The van der Waals surface area contributed by atoms with Crippen LogP contribution in [-0.4, -0.2) is 31.1 Å². The monoisotopic (exact) mass is 252 g/mol. The molecule has 0 saturated heterocycles. The number of nitrogens with two attached hydrogens (primary N) is 1. The van der Waals surface area contributed by atoms with Crippen molar-refractivity contribution in [3.8, 4) is 0 Å². The lowest BCUT2D eigenvalue weighted by Gasteiger charge is -2.45. The van der Waals surface area contributed by atoms with Crippen LogP contribution in [0.5, 0.6) is 0 Å². The quantitative estimate of drug-likeness (QED) is 0.843. The van der Waals surface area contributed by atoms with Gasteiger partial charge in [-0.1, -0.05) is 12.5 Å². The molecule has 2 rings (SSSR count). The van der Waals surface area contributed by atoms with E-state index in [2.05, 4.69) is 36.4 Å². The van der Waals surface area contributed by atoms with E-state index in [1.807, 2.05) is 11.3 Å². The molecule has 0 radical (unpaired) electrons. The molecule has 0 aliphatic heterocycles. The first-order chi connectivity index (χ1) is 8.15. The maximum absolute atomic E-state index is 5.93. The van der Waals surface area contributed by atoms with Gasteiger partial charge < -0.3 is 10.6 Å². The normalized spacial score (nSPS) is 20.2. The van der Waals surface area contributed by atoms with Crippen LogP contribution in [0.2, 0.25) is 0 Å². The van der Waals surface area contributed by atoms with Gasteiger partial charge in [-0.05, 0) is 56.6 Å². The molecule has 1 heterocycles. The fourth-order valence-corrected chi connectivity index (χ4v) is 3.49. The summed E-state index contributed by atoms with van der Waals surface area (Å²) in [5.41, 5.74) is 6.36. The SMILES string of the molecule is CC(Cc1cccs1)N(C)CC1(CN)CCC1. The van der Waals surface area contributed by atoms with E-state index in [0.29, 0.717) is 11.5 Å². The van der Waals surface area contributed by atoms with E-state index in [-0.39, 0.29) is 0 Å². The topological polar surface area (TPSA) is 29.3 Å². The second-order valence-corrected chi connectivity index (χ2v) is 6.64. The fourth-order valence-electron chi connectivity index (χ4n) is 2.66. The lowest BCUT2D eigenvalue weighted by molar-refractivity contribution is 0.0707. The lowest BCUT2D eigenvalue weighted by Crippen LogP contribution is -2.48. The minimum absolute atomic E-state index is 0.429. The van der Waals surface area contributed by atoms with Gasteiger partial charge in [-0.2, -0.15) is 0 Å². The fraction of sp³-hybridized carbons (Fsp3) is 0.714. The van der Waals surface area contributed by atoms with E-state index >= 15 is 0 Å². The van der Waals surface area contributed by atoms with Crippen molar-refractivity contribution >= 4 is 11.3 Å². The van der Waals surface area contributed by atoms with Crippen LogP contribution in [0.1, 0.15) is 31.1 Å². The molecule has 1 unspecified atom stereocenters. The van der Waals surface area contributed by atoms with Crippen LogP contribution in [0, 0.1) is 5.41 Å². The van der Waals surface area contributed by atoms with E-state index in [1.165, 1.54) is 24.1 Å². The third-order valence-corrected chi connectivity index (χ3v) is 5.16. The molecule has 1 aromatic heterocycles. The van der Waals surface area contributed by atoms with E-state index in [0.717, 1.165) is 19.5 Å². The molecule has 1 aliphatic carbocycles. The van der Waals surface area contributed by atoms with E-state index < -0.39 is 0 Å². The summed E-state index contributed by atoms with van der Waals surface area (Å²) < 4.78 is 0. The molecule has 0 spiro atoms. The lowest BCUT2D eigenvalue weighted by atomic mass is 9.68. The largest absolute Gasteiger partial charge is 0.330 e. The molecule has 1 atom stereocenters. The number of hydrogen-bond donors (Lipinski definition) is 1. The zero-order valence-corrected chi connectivity index (χ0v) is 11.8. The Morgan fingerprint density at radius 1 is 1.53 bits per heavy atom. The van der Waals surface area contributed by atoms with Gasteiger partial charge in [0.2, 0.25) is 0 Å². The Hall–Kier alpha value is -0.380. The van der Waals surface area contributed by atoms with Crippen molar-refractivity contribution in [1.29, 1.82) is 0 Å². The molecular weight excluding hydrogens is 228 g/mol. The standard InChI is InChI=1S/C14H24N2S/c1-12(9-13-5-3-8-17-13)16(2)11-14(10-15)6-4-7-14/h3,5,8,12H,4,6-7,9-11,15H2,1-2H3. The molecule has 1 saturated carbocycles. The molecule has 0 aromatic carbocycles. The van der Waals surface area contributed by atoms with Crippen molar-refractivity contribution in [3.05, 3.63) is 22.4 Å². The number of rotatable bonds is 6. The highest BCUT2D eigenvalue weighted by atomic mass is 32.1. The van der Waals surface area contributed by atoms with Crippen molar-refractivity contribution in [2.75, 3.05) is 20.1 Å². The molecule has 1 fully saturated rings. The summed E-state index contributed by atoms with van der Waals surface area (Å²) in [6.45, 7) is 4.34. The first-order valence-electron chi connectivity index (χ1n) is 6.58. The maximum Gasteiger partial charge on any atom is 0.0112 e. The zero-order valence-electron chi connectivity index (χ0n) is 11.0. The highest BCUT2D eigenvalue weighted by Gasteiger charge is 2.37. The maximum atomic E-state index is 5.93. The molecule has 1 aliphatic rings. The third-order valence-electron chi connectivity index (χ3n) is 4.26.